The fourth-order valence-corrected chi connectivity index (χ4v) is 1.95. The number of rotatable bonds is 1. The average molecular weight is 140 g/mol. The van der Waals surface area contributed by atoms with Crippen LogP contribution in [0.2, 0.25) is 0 Å². The largest absolute Gasteiger partial charge is 0.294 e. The number of piperidine rings is 1. The van der Waals surface area contributed by atoms with Crippen LogP contribution < -0.4 is 0 Å². The van der Waals surface area contributed by atoms with Crippen LogP contribution in [0, 0.1) is 6.54 Å². The maximum atomic E-state index is 2.48. The fourth-order valence-electron chi connectivity index (χ4n) is 1.95. The van der Waals surface area contributed by atoms with Crippen LogP contribution in [0.25, 0.3) is 0 Å². The van der Waals surface area contributed by atoms with Crippen LogP contribution in [0.4, 0.5) is 0 Å². The first kappa shape index (κ1) is 8.06. The van der Waals surface area contributed by atoms with E-state index < -0.39 is 0 Å². The Bertz CT molecular complexity index is 90.9. The van der Waals surface area contributed by atoms with E-state index in [-0.39, 0.29) is 0 Å². The van der Waals surface area contributed by atoms with Crippen LogP contribution in [0.3, 0.4) is 0 Å². The van der Waals surface area contributed by atoms with Crippen LogP contribution >= 0.6 is 0 Å². The summed E-state index contributed by atoms with van der Waals surface area (Å²) in [6.45, 7) is 9.00. The molecule has 10 heavy (non-hydrogen) atoms. The minimum absolute atomic E-state index is 0.772. The van der Waals surface area contributed by atoms with Gasteiger partial charge in [-0.25, -0.2) is 0 Å². The lowest BCUT2D eigenvalue weighted by molar-refractivity contribution is 0.141. The maximum absolute atomic E-state index is 2.48. The number of hydrogen-bond acceptors (Lipinski definition) is 1. The van der Waals surface area contributed by atoms with Crippen LogP contribution in [0.15, 0.2) is 0 Å². The number of likely N-dealkylation sites (tertiary alicyclic amines) is 1. The molecule has 0 bridgehead atoms. The molecule has 0 aromatic heterocycles. The first-order valence-corrected chi connectivity index (χ1v) is 4.32. The zero-order valence-electron chi connectivity index (χ0n) is 7.30. The molecular weight excluding hydrogens is 122 g/mol. The molecule has 0 aromatic rings. The van der Waals surface area contributed by atoms with Crippen molar-refractivity contribution in [1.82, 2.24) is 4.90 Å². The second kappa shape index (κ2) is 3.38. The van der Waals surface area contributed by atoms with Crippen LogP contribution in [0.5, 0.6) is 0 Å². The molecule has 0 amide bonds. The van der Waals surface area contributed by atoms with Crippen LogP contribution in [-0.4, -0.2) is 17.0 Å². The first-order valence-electron chi connectivity index (χ1n) is 4.32. The summed E-state index contributed by atoms with van der Waals surface area (Å²) in [5.74, 6) is 0. The van der Waals surface area contributed by atoms with E-state index in [1.54, 1.807) is 0 Å². The van der Waals surface area contributed by atoms with Gasteiger partial charge in [0.05, 0.1) is 0 Å². The van der Waals surface area contributed by atoms with Gasteiger partial charge in [0.2, 0.25) is 0 Å². The predicted molar refractivity (Wildman–Crippen MR) is 44.6 cm³/mol. The van der Waals surface area contributed by atoms with Crippen molar-refractivity contribution in [3.05, 3.63) is 6.54 Å². The van der Waals surface area contributed by atoms with Gasteiger partial charge in [-0.1, -0.05) is 6.42 Å². The van der Waals surface area contributed by atoms with Gasteiger partial charge in [-0.3, -0.25) is 4.90 Å². The summed E-state index contributed by atoms with van der Waals surface area (Å²) in [7, 11) is 0. The van der Waals surface area contributed by atoms with Gasteiger partial charge >= 0.3 is 0 Å². The number of hydrogen-bond donors (Lipinski definition) is 0. The van der Waals surface area contributed by atoms with Crippen molar-refractivity contribution < 1.29 is 0 Å². The van der Waals surface area contributed by atoms with Crippen LogP contribution in [-0.2, 0) is 0 Å². The van der Waals surface area contributed by atoms with Crippen molar-refractivity contribution in [2.45, 2.75) is 52.1 Å². The molecule has 1 nitrogen and oxygen atoms in total. The molecule has 1 rings (SSSR count). The summed E-state index contributed by atoms with van der Waals surface area (Å²) in [5, 5.41) is 0. The Hall–Kier alpha value is -0.0400. The summed E-state index contributed by atoms with van der Waals surface area (Å²) in [4.78, 5) is 2.48. The third kappa shape index (κ3) is 1.51. The van der Waals surface area contributed by atoms with E-state index in [0.29, 0.717) is 0 Å². The van der Waals surface area contributed by atoms with Crippen molar-refractivity contribution in [3.63, 3.8) is 0 Å². The summed E-state index contributed by atoms with van der Waals surface area (Å²) in [6.07, 6.45) is 4.15. The quantitative estimate of drug-likeness (QED) is 0.540. The summed E-state index contributed by atoms with van der Waals surface area (Å²) in [6, 6.07) is 1.54. The average Bonchev–Trinajstić information content (AvgIpc) is 1.88. The Kier molecular flexibility index (Phi) is 2.72. The summed E-state index contributed by atoms with van der Waals surface area (Å²) < 4.78 is 0. The Labute approximate surface area is 64.4 Å². The van der Waals surface area contributed by atoms with Gasteiger partial charge in [0, 0.05) is 18.6 Å². The normalized spacial score (nSPS) is 36.3. The molecular formula is C9H18N. The first-order chi connectivity index (χ1) is 4.75. The highest BCUT2D eigenvalue weighted by Crippen LogP contribution is 2.22. The zero-order chi connectivity index (χ0) is 7.56. The standard InChI is InChI=1S/C9H18N/c1-4-10-8(2)6-5-7-9(10)3/h4,8-9H,5-7H2,1-3H3. The Morgan fingerprint density at radius 2 is 1.70 bits per heavy atom. The van der Waals surface area contributed by atoms with E-state index in [9.17, 15) is 0 Å². The predicted octanol–water partition coefficient (Wildman–Crippen LogP) is 2.43. The zero-order valence-corrected chi connectivity index (χ0v) is 7.30. The van der Waals surface area contributed by atoms with Crippen LogP contribution in [0.1, 0.15) is 40.0 Å². The lowest BCUT2D eigenvalue weighted by atomic mass is 9.98. The summed E-state index contributed by atoms with van der Waals surface area (Å²) >= 11 is 0. The fraction of sp³-hybridized carbons (Fsp3) is 0.889. The molecule has 0 spiro atoms. The Balaban J connectivity index is 2.45. The van der Waals surface area contributed by atoms with Crippen molar-refractivity contribution in [1.29, 1.82) is 0 Å². The molecule has 2 unspecified atom stereocenters. The molecule has 1 fully saturated rings. The minimum atomic E-state index is 0.772. The van der Waals surface area contributed by atoms with Gasteiger partial charge < -0.3 is 0 Å². The minimum Gasteiger partial charge on any atom is -0.294 e. The van der Waals surface area contributed by atoms with Crippen molar-refractivity contribution >= 4 is 0 Å². The molecule has 1 heteroatoms. The van der Waals surface area contributed by atoms with E-state index in [1.807, 2.05) is 0 Å². The molecule has 1 aliphatic heterocycles. The smallest absolute Gasteiger partial charge is 0.0226 e. The van der Waals surface area contributed by atoms with Gasteiger partial charge in [-0.05, 0) is 33.6 Å². The van der Waals surface area contributed by atoms with E-state index in [2.05, 4.69) is 32.2 Å². The van der Waals surface area contributed by atoms with E-state index in [1.165, 1.54) is 19.3 Å². The molecule has 1 radical (unpaired) electrons. The molecule has 1 aliphatic rings. The maximum Gasteiger partial charge on any atom is 0.0226 e. The van der Waals surface area contributed by atoms with Gasteiger partial charge in [0.25, 0.3) is 0 Å². The third-order valence-corrected chi connectivity index (χ3v) is 2.56. The Morgan fingerprint density at radius 3 is 2.00 bits per heavy atom. The molecule has 1 heterocycles. The van der Waals surface area contributed by atoms with E-state index in [4.69, 9.17) is 0 Å². The lowest BCUT2D eigenvalue weighted by Gasteiger charge is -2.37. The molecule has 0 aliphatic carbocycles. The lowest BCUT2D eigenvalue weighted by Crippen LogP contribution is -2.40. The Morgan fingerprint density at radius 1 is 1.20 bits per heavy atom. The van der Waals surface area contributed by atoms with Crippen molar-refractivity contribution in [2.75, 3.05) is 0 Å². The topological polar surface area (TPSA) is 3.24 Å². The van der Waals surface area contributed by atoms with E-state index >= 15 is 0 Å². The monoisotopic (exact) mass is 140 g/mol. The van der Waals surface area contributed by atoms with Gasteiger partial charge in [0.1, 0.15) is 0 Å². The van der Waals surface area contributed by atoms with Crippen molar-refractivity contribution in [3.8, 4) is 0 Å². The molecule has 1 saturated heterocycles. The number of nitrogens with zero attached hydrogens (tertiary/aromatic N) is 1. The molecule has 0 aromatic carbocycles. The highest BCUT2D eigenvalue weighted by molar-refractivity contribution is 4.82. The molecule has 2 atom stereocenters. The second-order valence-electron chi connectivity index (χ2n) is 3.33. The molecule has 0 saturated carbocycles. The van der Waals surface area contributed by atoms with Gasteiger partial charge in [-0.2, -0.15) is 0 Å². The third-order valence-electron chi connectivity index (χ3n) is 2.56. The molecule has 0 N–H and O–H groups in total. The van der Waals surface area contributed by atoms with Crippen molar-refractivity contribution in [2.24, 2.45) is 0 Å². The molecule has 59 valence electrons. The highest BCUT2D eigenvalue weighted by Gasteiger charge is 2.22. The highest BCUT2D eigenvalue weighted by atomic mass is 15.2. The second-order valence-corrected chi connectivity index (χ2v) is 3.33. The summed E-state index contributed by atoms with van der Waals surface area (Å²) in [5.41, 5.74) is 0. The SMILES string of the molecule is C[CH]N1C(C)CCCC1C. The van der Waals surface area contributed by atoms with Gasteiger partial charge in [-0.15, -0.1) is 0 Å². The van der Waals surface area contributed by atoms with Gasteiger partial charge in [0.15, 0.2) is 0 Å². The van der Waals surface area contributed by atoms with E-state index in [0.717, 1.165) is 12.1 Å².